The van der Waals surface area contributed by atoms with Crippen molar-refractivity contribution in [2.75, 3.05) is 24.5 Å². The number of hydrogen-bond acceptors (Lipinski definition) is 5. The average Bonchev–Trinajstić information content (AvgIpc) is 3.47. The maximum atomic E-state index is 13.1. The van der Waals surface area contributed by atoms with Crippen LogP contribution in [-0.4, -0.2) is 45.3 Å². The van der Waals surface area contributed by atoms with Gasteiger partial charge in [0, 0.05) is 37.9 Å². The zero-order valence-electron chi connectivity index (χ0n) is 19.7. The summed E-state index contributed by atoms with van der Waals surface area (Å²) in [6.07, 6.45) is 7.96. The number of carbonyl (C=O) groups excluding carboxylic acids is 1. The number of rotatable bonds is 8. The number of anilines is 1. The Bertz CT molecular complexity index is 1160. The maximum Gasteiger partial charge on any atom is 0.224 e. The van der Waals surface area contributed by atoms with Crippen LogP contribution in [0, 0.1) is 5.92 Å². The minimum Gasteiger partial charge on any atom is -0.356 e. The van der Waals surface area contributed by atoms with Crippen molar-refractivity contribution in [2.24, 2.45) is 5.92 Å². The number of imidazole rings is 1. The van der Waals surface area contributed by atoms with Crippen LogP contribution in [0.3, 0.4) is 0 Å². The second kappa shape index (κ2) is 11.0. The van der Waals surface area contributed by atoms with Crippen LogP contribution < -0.4 is 10.2 Å². The van der Waals surface area contributed by atoms with Gasteiger partial charge in [0.1, 0.15) is 6.33 Å². The molecular weight excluding hydrogens is 436 g/mol. The highest BCUT2D eigenvalue weighted by Gasteiger charge is 2.27. The van der Waals surface area contributed by atoms with Crippen molar-refractivity contribution in [2.45, 2.75) is 25.2 Å². The molecule has 7 nitrogen and oxygen atoms in total. The Morgan fingerprint density at radius 3 is 2.26 bits per heavy atom. The van der Waals surface area contributed by atoms with Crippen LogP contribution in [-0.2, 0) is 4.79 Å². The van der Waals surface area contributed by atoms with Gasteiger partial charge in [0.05, 0.1) is 5.92 Å². The molecule has 2 aromatic carbocycles. The summed E-state index contributed by atoms with van der Waals surface area (Å²) in [4.78, 5) is 19.3. The average molecular weight is 467 g/mol. The van der Waals surface area contributed by atoms with Gasteiger partial charge >= 0.3 is 0 Å². The first kappa shape index (κ1) is 22.8. The van der Waals surface area contributed by atoms with Crippen molar-refractivity contribution < 1.29 is 4.79 Å². The highest BCUT2D eigenvalue weighted by Crippen LogP contribution is 2.28. The lowest BCUT2D eigenvalue weighted by molar-refractivity contribution is -0.125. The van der Waals surface area contributed by atoms with Gasteiger partial charge in [-0.3, -0.25) is 9.36 Å². The molecule has 0 saturated carbocycles. The van der Waals surface area contributed by atoms with Gasteiger partial charge in [-0.25, -0.2) is 4.98 Å². The molecule has 1 N–H and O–H groups in total. The number of carbonyl (C=O) groups is 1. The number of nitrogens with zero attached hydrogens (tertiary/aromatic N) is 5. The Balaban J connectivity index is 1.18. The summed E-state index contributed by atoms with van der Waals surface area (Å²) in [5.41, 5.74) is 2.55. The van der Waals surface area contributed by atoms with E-state index in [1.165, 1.54) is 11.1 Å². The molecule has 178 valence electrons. The molecule has 7 heteroatoms. The first-order valence-electron chi connectivity index (χ1n) is 12.2. The van der Waals surface area contributed by atoms with Gasteiger partial charge < -0.3 is 10.2 Å². The van der Waals surface area contributed by atoms with Crippen molar-refractivity contribution in [1.29, 1.82) is 0 Å². The third-order valence-corrected chi connectivity index (χ3v) is 6.66. The van der Waals surface area contributed by atoms with E-state index in [1.807, 2.05) is 35.0 Å². The highest BCUT2D eigenvalue weighted by molar-refractivity contribution is 5.79. The van der Waals surface area contributed by atoms with Crippen molar-refractivity contribution in [3.05, 3.63) is 103 Å². The smallest absolute Gasteiger partial charge is 0.224 e. The van der Waals surface area contributed by atoms with Crippen molar-refractivity contribution in [3.63, 3.8) is 0 Å². The van der Waals surface area contributed by atoms with Crippen LogP contribution in [0.5, 0.6) is 0 Å². The predicted molar refractivity (Wildman–Crippen MR) is 136 cm³/mol. The molecule has 1 aliphatic rings. The molecule has 0 radical (unpaired) electrons. The maximum absolute atomic E-state index is 13.1. The summed E-state index contributed by atoms with van der Waals surface area (Å²) in [5.74, 6) is 1.86. The summed E-state index contributed by atoms with van der Waals surface area (Å²) in [5, 5.41) is 11.9. The molecule has 1 aliphatic heterocycles. The monoisotopic (exact) mass is 466 g/mol. The molecule has 1 amide bonds. The van der Waals surface area contributed by atoms with Gasteiger partial charge in [0.25, 0.3) is 0 Å². The number of hydrogen-bond donors (Lipinski definition) is 1. The summed E-state index contributed by atoms with van der Waals surface area (Å²) in [6, 6.07) is 24.9. The van der Waals surface area contributed by atoms with Gasteiger partial charge in [-0.1, -0.05) is 60.7 Å². The number of nitrogens with one attached hydrogen (secondary N) is 1. The van der Waals surface area contributed by atoms with Crippen LogP contribution in [0.2, 0.25) is 0 Å². The largest absolute Gasteiger partial charge is 0.356 e. The first-order chi connectivity index (χ1) is 17.3. The zero-order valence-corrected chi connectivity index (χ0v) is 19.7. The molecule has 1 unspecified atom stereocenters. The lowest BCUT2D eigenvalue weighted by atomic mass is 9.88. The number of benzene rings is 2. The summed E-state index contributed by atoms with van der Waals surface area (Å²) in [7, 11) is 0. The van der Waals surface area contributed by atoms with E-state index >= 15 is 0 Å². The molecule has 0 aliphatic carbocycles. The van der Waals surface area contributed by atoms with E-state index in [0.717, 1.165) is 37.4 Å². The molecule has 35 heavy (non-hydrogen) atoms. The van der Waals surface area contributed by atoms with Crippen LogP contribution in [0.1, 0.15) is 36.3 Å². The molecular formula is C28H30N6O. The normalized spacial score (nSPS) is 15.8. The van der Waals surface area contributed by atoms with Gasteiger partial charge in [-0.05, 0) is 42.5 Å². The quantitative estimate of drug-likeness (QED) is 0.421. The molecule has 0 spiro atoms. The van der Waals surface area contributed by atoms with Crippen molar-refractivity contribution in [3.8, 4) is 5.82 Å². The Labute approximate surface area is 205 Å². The summed E-state index contributed by atoms with van der Waals surface area (Å²) >= 11 is 0. The van der Waals surface area contributed by atoms with E-state index in [4.69, 9.17) is 0 Å². The van der Waals surface area contributed by atoms with Crippen LogP contribution in [0.15, 0.2) is 91.5 Å². The van der Waals surface area contributed by atoms with Crippen LogP contribution >= 0.6 is 0 Å². The predicted octanol–water partition coefficient (Wildman–Crippen LogP) is 4.22. The Hall–Kier alpha value is -4.00. The van der Waals surface area contributed by atoms with E-state index in [0.29, 0.717) is 13.1 Å². The van der Waals surface area contributed by atoms with Gasteiger partial charge in [-0.15, -0.1) is 10.2 Å². The van der Waals surface area contributed by atoms with E-state index in [1.54, 1.807) is 12.5 Å². The Morgan fingerprint density at radius 1 is 0.943 bits per heavy atom. The zero-order chi connectivity index (χ0) is 23.9. The summed E-state index contributed by atoms with van der Waals surface area (Å²) in [6.45, 7) is 2.18. The third-order valence-electron chi connectivity index (χ3n) is 6.66. The Morgan fingerprint density at radius 2 is 1.63 bits per heavy atom. The van der Waals surface area contributed by atoms with Crippen molar-refractivity contribution >= 4 is 11.7 Å². The second-order valence-corrected chi connectivity index (χ2v) is 8.96. The van der Waals surface area contributed by atoms with Crippen LogP contribution in [0.4, 0.5) is 5.82 Å². The van der Waals surface area contributed by atoms with E-state index in [-0.39, 0.29) is 17.7 Å². The fourth-order valence-corrected chi connectivity index (χ4v) is 4.80. The first-order valence-corrected chi connectivity index (χ1v) is 12.2. The molecule has 5 rings (SSSR count). The summed E-state index contributed by atoms with van der Waals surface area (Å²) < 4.78 is 1.82. The lowest BCUT2D eigenvalue weighted by Gasteiger charge is -2.32. The molecule has 3 heterocycles. The number of amides is 1. The van der Waals surface area contributed by atoms with Crippen molar-refractivity contribution in [1.82, 2.24) is 25.1 Å². The fourth-order valence-electron chi connectivity index (χ4n) is 4.80. The Kier molecular flexibility index (Phi) is 7.13. The number of piperidine rings is 1. The molecule has 0 bridgehead atoms. The van der Waals surface area contributed by atoms with Gasteiger partial charge in [0.2, 0.25) is 5.91 Å². The van der Waals surface area contributed by atoms with E-state index in [9.17, 15) is 4.79 Å². The lowest BCUT2D eigenvalue weighted by Crippen LogP contribution is -2.43. The number of aromatic nitrogens is 4. The SMILES string of the molecule is O=C(NCCC(c1ccccc1)c1ccccc1)C1CCCN(c2ccc(-n3ccnc3)nn2)C1. The van der Waals surface area contributed by atoms with Gasteiger partial charge in [0.15, 0.2) is 11.6 Å². The topological polar surface area (TPSA) is 75.9 Å². The van der Waals surface area contributed by atoms with Crippen LogP contribution in [0.25, 0.3) is 5.82 Å². The van der Waals surface area contributed by atoms with E-state index in [2.05, 4.69) is 73.9 Å². The van der Waals surface area contributed by atoms with E-state index < -0.39 is 0 Å². The molecule has 1 fully saturated rings. The molecule has 1 saturated heterocycles. The fraction of sp³-hybridized carbons (Fsp3) is 0.286. The highest BCUT2D eigenvalue weighted by atomic mass is 16.1. The minimum absolute atomic E-state index is 0.0502. The minimum atomic E-state index is -0.0502. The molecule has 2 aromatic heterocycles. The molecule has 4 aromatic rings. The third kappa shape index (κ3) is 5.57. The standard InChI is InChI=1S/C28H30N6O/c35-28(30-16-15-25(22-8-3-1-4-9-22)23-10-5-2-6-11-23)24-12-7-18-33(20-24)26-13-14-27(32-31-26)34-19-17-29-21-34/h1-6,8-11,13-14,17,19,21,24-25H,7,12,15-16,18,20H2,(H,30,35). The van der Waals surface area contributed by atoms with Gasteiger partial charge in [-0.2, -0.15) is 0 Å². The second-order valence-electron chi connectivity index (χ2n) is 8.96. The molecule has 1 atom stereocenters.